The smallest absolute Gasteiger partial charge is 0.226 e. The number of carbonyl (C=O) groups is 1. The van der Waals surface area contributed by atoms with E-state index in [1.807, 2.05) is 56.4 Å². The molecule has 0 bridgehead atoms. The zero-order chi connectivity index (χ0) is 27.7. The average molecular weight is 793 g/mol. The number of nitrogens with one attached hydrogen (secondary N) is 1. The number of likely N-dealkylation sites (N-methyl/N-ethyl adjacent to an activating group) is 1. The number of amides is 1. The number of aromatic nitrogens is 4. The first-order valence-corrected chi connectivity index (χ1v) is 13.9. The summed E-state index contributed by atoms with van der Waals surface area (Å²) in [5.41, 5.74) is 4.03. The molecule has 2 aliphatic rings. The number of aryl methyl sites for hydroxylation is 1. The molecule has 1 aromatic carbocycles. The molecular formula is C30H40LrN7O2-. The minimum atomic E-state index is -0.161. The number of nitrogens with zero attached hydrogens (tertiary/aromatic N) is 6. The first-order chi connectivity index (χ1) is 18.7. The molecule has 223 valence electrons. The van der Waals surface area contributed by atoms with Crippen molar-refractivity contribution in [3.63, 3.8) is 0 Å². The molecule has 4 heterocycles. The van der Waals surface area contributed by atoms with Gasteiger partial charge in [-0.05, 0) is 82.4 Å². The summed E-state index contributed by atoms with van der Waals surface area (Å²) in [5, 5.41) is 7.68. The molecule has 0 saturated carbocycles. The SMILES string of the molecule is [CH2-]C1[C@@H](c2cccc(OC(C)C)c2)[C@H](C(=O)N2Cc3nc(NCc4ccn(C)n4)ncc3C[C@H]2C)CCN1C.[Lr]. The minimum absolute atomic E-state index is 0. The minimum Gasteiger partial charge on any atom is -0.491 e. The van der Waals surface area contributed by atoms with Gasteiger partial charge in [-0.15, -0.1) is 6.04 Å². The van der Waals surface area contributed by atoms with E-state index >= 15 is 0 Å². The number of rotatable bonds is 7. The van der Waals surface area contributed by atoms with Gasteiger partial charge in [-0.1, -0.05) is 12.1 Å². The van der Waals surface area contributed by atoms with Gasteiger partial charge in [0.05, 0.1) is 30.6 Å². The molecule has 1 N–H and O–H groups in total. The van der Waals surface area contributed by atoms with Crippen LogP contribution in [-0.4, -0.2) is 67.2 Å². The van der Waals surface area contributed by atoms with Crippen molar-refractivity contribution in [2.45, 2.75) is 70.8 Å². The van der Waals surface area contributed by atoms with Crippen LogP contribution in [0, 0.1) is 12.8 Å². The predicted octanol–water partition coefficient (Wildman–Crippen LogP) is 3.82. The van der Waals surface area contributed by atoms with Gasteiger partial charge in [0.15, 0.2) is 0 Å². The molecule has 5 rings (SSSR count). The fourth-order valence-corrected chi connectivity index (χ4v) is 5.84. The Hall–Kier alpha value is -4.46. The van der Waals surface area contributed by atoms with Crippen molar-refractivity contribution >= 4 is 11.9 Å². The van der Waals surface area contributed by atoms with Gasteiger partial charge in [0, 0.05) is 31.4 Å². The normalized spacial score (nSPS) is 22.9. The number of piperidine rings is 1. The van der Waals surface area contributed by atoms with Crippen molar-refractivity contribution < 1.29 is 9.53 Å². The maximum atomic E-state index is 14.2. The summed E-state index contributed by atoms with van der Waals surface area (Å²) < 4.78 is 7.76. The van der Waals surface area contributed by atoms with Gasteiger partial charge in [-0.2, -0.15) is 5.10 Å². The van der Waals surface area contributed by atoms with E-state index in [2.05, 4.69) is 53.3 Å². The van der Waals surface area contributed by atoms with Crippen LogP contribution < -0.4 is 10.1 Å². The van der Waals surface area contributed by atoms with E-state index in [4.69, 9.17) is 9.72 Å². The molecule has 1 radical (unpaired) electrons. The second kappa shape index (κ2) is 11.7. The van der Waals surface area contributed by atoms with Gasteiger partial charge < -0.3 is 26.8 Å². The van der Waals surface area contributed by atoms with Crippen molar-refractivity contribution in [1.29, 1.82) is 0 Å². The second-order valence-electron chi connectivity index (χ2n) is 11.2. The summed E-state index contributed by atoms with van der Waals surface area (Å²) in [7, 11) is 3.99. The number of hydrogen-bond acceptors (Lipinski definition) is 7. The van der Waals surface area contributed by atoms with E-state index in [0.717, 1.165) is 47.7 Å². The van der Waals surface area contributed by atoms with E-state index < -0.39 is 0 Å². The largest absolute Gasteiger partial charge is 0.491 e. The van der Waals surface area contributed by atoms with Crippen LogP contribution in [0.5, 0.6) is 5.75 Å². The van der Waals surface area contributed by atoms with Crippen LogP contribution in [0.3, 0.4) is 0 Å². The molecule has 40 heavy (non-hydrogen) atoms. The standard InChI is InChI=1S/C30H40N7O2.Lr/c1-19(2)39-25-9-7-8-22(15-25)28-21(4)35(5)12-11-26(28)29(38)37-18-27-23(14-20(37)3)16-31-30(33-27)32-17-24-10-13-36(6)34-24;/h7-10,13,15-16,19-21,26,28H,4,11-12,14,17-18H2,1-3,5-6H3,(H,31,32,33);/q-1;/t20-,21?,26-,28+;/m1./s1. The molecule has 2 aliphatic heterocycles. The molecule has 10 heteroatoms. The van der Waals surface area contributed by atoms with Crippen molar-refractivity contribution in [3.8, 4) is 5.75 Å². The third-order valence-corrected chi connectivity index (χ3v) is 7.94. The number of likely N-dealkylation sites (tertiary alicyclic amines) is 1. The number of ether oxygens (including phenoxy) is 1. The molecule has 1 amide bonds. The first-order valence-electron chi connectivity index (χ1n) is 13.9. The number of fused-ring (bicyclic) bond motifs is 1. The molecule has 0 aliphatic carbocycles. The predicted molar refractivity (Wildman–Crippen MR) is 151 cm³/mol. The first kappa shape index (κ1) is 28.5. The van der Waals surface area contributed by atoms with Gasteiger partial charge in [0.1, 0.15) is 5.75 Å². The summed E-state index contributed by atoms with van der Waals surface area (Å²) in [6.45, 7) is 12.5. The third kappa shape index (κ3) is 5.91. The number of anilines is 1. The molecule has 9 nitrogen and oxygen atoms in total. The summed E-state index contributed by atoms with van der Waals surface area (Å²) >= 11 is 0. The topological polar surface area (TPSA) is 88.4 Å². The van der Waals surface area contributed by atoms with Crippen LogP contribution in [-0.2, 0) is 31.4 Å². The summed E-state index contributed by atoms with van der Waals surface area (Å²) in [6, 6.07) is 10.2. The molecule has 2 aromatic heterocycles. The fourth-order valence-electron chi connectivity index (χ4n) is 5.84. The Labute approximate surface area is 231 Å². The Morgan fingerprint density at radius 3 is 2.77 bits per heavy atom. The van der Waals surface area contributed by atoms with Crippen molar-refractivity contribution in [1.82, 2.24) is 29.5 Å². The van der Waals surface area contributed by atoms with Gasteiger partial charge >= 0.3 is 0 Å². The maximum Gasteiger partial charge on any atom is 0.226 e. The average Bonchev–Trinajstić information content (AvgIpc) is 3.33. The van der Waals surface area contributed by atoms with E-state index in [1.54, 1.807) is 4.68 Å². The maximum absolute atomic E-state index is 14.2. The van der Waals surface area contributed by atoms with Crippen LogP contribution in [0.2, 0.25) is 0 Å². The third-order valence-electron chi connectivity index (χ3n) is 7.94. The number of benzene rings is 1. The number of carbonyl (C=O) groups excluding carboxylic acids is 1. The Kier molecular flexibility index (Phi) is 8.38. The van der Waals surface area contributed by atoms with Crippen LogP contribution in [0.15, 0.2) is 42.7 Å². The monoisotopic (exact) mass is 792 g/mol. The van der Waals surface area contributed by atoms with Crippen LogP contribution in [0.4, 0.5) is 5.95 Å². The van der Waals surface area contributed by atoms with Crippen molar-refractivity contribution in [3.05, 3.63) is 72.2 Å². The molecule has 1 fully saturated rings. The second-order valence-corrected chi connectivity index (χ2v) is 11.2. The van der Waals surface area contributed by atoms with Gasteiger partial charge in [0.25, 0.3) is 0 Å². The van der Waals surface area contributed by atoms with Crippen molar-refractivity contribution in [2.75, 3.05) is 18.9 Å². The summed E-state index contributed by atoms with van der Waals surface area (Å²) in [5.74, 6) is 1.37. The molecule has 1 unspecified atom stereocenters. The summed E-state index contributed by atoms with van der Waals surface area (Å²) in [6.07, 6.45) is 5.42. The molecule has 1 saturated heterocycles. The number of hydrogen-bond donors (Lipinski definition) is 1. The van der Waals surface area contributed by atoms with E-state index in [9.17, 15) is 4.79 Å². The zero-order valence-corrected chi connectivity index (χ0v) is 26.1. The molecule has 3 aromatic rings. The summed E-state index contributed by atoms with van der Waals surface area (Å²) in [4.78, 5) is 27.8. The van der Waals surface area contributed by atoms with Crippen molar-refractivity contribution in [2.24, 2.45) is 13.0 Å². The Morgan fingerprint density at radius 1 is 1.25 bits per heavy atom. The van der Waals surface area contributed by atoms with Crippen LogP contribution in [0.25, 0.3) is 0 Å². The van der Waals surface area contributed by atoms with Gasteiger partial charge in [0.2, 0.25) is 11.9 Å². The zero-order valence-electron chi connectivity index (χ0n) is 23.9. The molecular weight excluding hydrogens is 752 g/mol. The quantitative estimate of drug-likeness (QED) is 0.365. The van der Waals surface area contributed by atoms with E-state index in [-0.39, 0.29) is 35.9 Å². The Morgan fingerprint density at radius 2 is 2.05 bits per heavy atom. The fraction of sp³-hybridized carbons (Fsp3) is 0.500. The van der Waals surface area contributed by atoms with Crippen LogP contribution >= 0.6 is 0 Å². The van der Waals surface area contributed by atoms with Gasteiger partial charge in [-0.25, -0.2) is 9.97 Å². The van der Waals surface area contributed by atoms with Crippen LogP contribution in [0.1, 0.15) is 55.6 Å². The molecule has 4 atom stereocenters. The van der Waals surface area contributed by atoms with Gasteiger partial charge in [-0.3, -0.25) is 9.48 Å². The Bertz CT molecular complexity index is 1310. The molecule has 0 spiro atoms. The Balaban J connectivity index is 0.00000370. The van der Waals surface area contributed by atoms with E-state index in [1.165, 1.54) is 0 Å². The van der Waals surface area contributed by atoms with E-state index in [0.29, 0.717) is 19.0 Å².